The van der Waals surface area contributed by atoms with Gasteiger partial charge in [-0.1, -0.05) is 7.43 Å². The Balaban J connectivity index is 0.000000213. The van der Waals surface area contributed by atoms with E-state index >= 15 is 0 Å². The number of hydrogen-bond donors (Lipinski definition) is 4. The highest BCUT2D eigenvalue weighted by Crippen LogP contribution is 2.24. The van der Waals surface area contributed by atoms with Crippen LogP contribution in [0.1, 0.15) is 29.1 Å². The molecule has 4 aromatic heterocycles. The first kappa shape index (κ1) is 36.4. The molecule has 0 radical (unpaired) electrons. The van der Waals surface area contributed by atoms with Crippen LogP contribution in [0.5, 0.6) is 17.4 Å². The second kappa shape index (κ2) is 18.2. The number of aromatic amines is 2. The van der Waals surface area contributed by atoms with E-state index in [0.717, 1.165) is 52.2 Å². The molecule has 13 nitrogen and oxygen atoms in total. The van der Waals surface area contributed by atoms with Crippen LogP contribution in [0.2, 0.25) is 0 Å². The maximum absolute atomic E-state index is 11.9. The highest BCUT2D eigenvalue weighted by Gasteiger charge is 2.10. The molecule has 6 rings (SSSR count). The van der Waals surface area contributed by atoms with Crippen molar-refractivity contribution in [3.63, 3.8) is 0 Å². The summed E-state index contributed by atoms with van der Waals surface area (Å²) in [4.78, 5) is 49.7. The van der Waals surface area contributed by atoms with E-state index in [9.17, 15) is 19.2 Å². The molecule has 0 aliphatic carbocycles. The van der Waals surface area contributed by atoms with Gasteiger partial charge < -0.3 is 44.1 Å². The average molecular weight is 659 g/mol. The fourth-order valence-corrected chi connectivity index (χ4v) is 4.52. The highest BCUT2D eigenvalue weighted by molar-refractivity contribution is 5.91. The second-order valence-electron chi connectivity index (χ2n) is 9.83. The molecule has 48 heavy (non-hydrogen) atoms. The van der Waals surface area contributed by atoms with E-state index in [0.29, 0.717) is 19.5 Å². The van der Waals surface area contributed by atoms with Crippen LogP contribution in [-0.4, -0.2) is 49.7 Å². The molecule has 0 aliphatic rings. The van der Waals surface area contributed by atoms with Crippen molar-refractivity contribution >= 4 is 34.2 Å². The van der Waals surface area contributed by atoms with Crippen molar-refractivity contribution < 1.29 is 32.6 Å². The number of ether oxygens (including phenoxy) is 3. The SMILES string of the molecule is C.COc1ccc2[nH]cc(CCN)c2c1.COc1ccc2[nH]cc(CCNC(=O)c3cc(=O)cco3)c2c1.O=COc1cc(=O)cco1. The fourth-order valence-electron chi connectivity index (χ4n) is 4.52. The molecule has 0 unspecified atom stereocenters. The van der Waals surface area contributed by atoms with E-state index in [-0.39, 0.29) is 36.5 Å². The Morgan fingerprint density at radius 3 is 1.90 bits per heavy atom. The van der Waals surface area contributed by atoms with Gasteiger partial charge in [-0.25, -0.2) is 0 Å². The lowest BCUT2D eigenvalue weighted by Gasteiger charge is -2.04. The number of benzene rings is 2. The number of methoxy groups -OCH3 is 2. The van der Waals surface area contributed by atoms with Crippen molar-refractivity contribution in [1.29, 1.82) is 0 Å². The van der Waals surface area contributed by atoms with Gasteiger partial charge in [-0.15, -0.1) is 0 Å². The zero-order chi connectivity index (χ0) is 33.6. The summed E-state index contributed by atoms with van der Waals surface area (Å²) in [6.45, 7) is 1.30. The monoisotopic (exact) mass is 658 g/mol. The van der Waals surface area contributed by atoms with Crippen LogP contribution >= 0.6 is 0 Å². The van der Waals surface area contributed by atoms with E-state index in [1.807, 2.05) is 48.8 Å². The third-order valence-corrected chi connectivity index (χ3v) is 6.81. The molecule has 1 amide bonds. The maximum Gasteiger partial charge on any atom is 0.300 e. The van der Waals surface area contributed by atoms with Crippen LogP contribution in [0.4, 0.5) is 0 Å². The molecule has 252 valence electrons. The van der Waals surface area contributed by atoms with Gasteiger partial charge >= 0.3 is 6.47 Å². The molecule has 13 heteroatoms. The predicted octanol–water partition coefficient (Wildman–Crippen LogP) is 4.59. The Hall–Kier alpha value is -6.08. The summed E-state index contributed by atoms with van der Waals surface area (Å²) in [6, 6.07) is 16.5. The number of nitrogens with two attached hydrogens (primary N) is 1. The summed E-state index contributed by atoms with van der Waals surface area (Å²) < 4.78 is 24.3. The van der Waals surface area contributed by atoms with E-state index in [4.69, 9.17) is 19.6 Å². The summed E-state index contributed by atoms with van der Waals surface area (Å²) in [7, 11) is 3.30. The Bertz CT molecular complexity index is 2040. The molecule has 6 aromatic rings. The van der Waals surface area contributed by atoms with Crippen LogP contribution in [0.3, 0.4) is 0 Å². The van der Waals surface area contributed by atoms with E-state index in [2.05, 4.69) is 24.4 Å². The lowest BCUT2D eigenvalue weighted by atomic mass is 10.1. The first-order valence-corrected chi connectivity index (χ1v) is 14.4. The van der Waals surface area contributed by atoms with Crippen molar-refractivity contribution in [3.8, 4) is 17.4 Å². The van der Waals surface area contributed by atoms with Gasteiger partial charge in [0.05, 0.1) is 32.8 Å². The number of H-pyrrole nitrogens is 2. The third-order valence-electron chi connectivity index (χ3n) is 6.81. The number of aromatic nitrogens is 2. The van der Waals surface area contributed by atoms with Gasteiger partial charge in [0.1, 0.15) is 11.5 Å². The molecule has 5 N–H and O–H groups in total. The van der Waals surface area contributed by atoms with Crippen LogP contribution in [0.15, 0.2) is 104 Å². The Morgan fingerprint density at radius 1 is 0.812 bits per heavy atom. The largest absolute Gasteiger partial charge is 0.497 e. The first-order valence-electron chi connectivity index (χ1n) is 14.4. The lowest BCUT2D eigenvalue weighted by Crippen LogP contribution is -2.26. The predicted molar refractivity (Wildman–Crippen MR) is 182 cm³/mol. The van der Waals surface area contributed by atoms with E-state index in [1.54, 1.807) is 14.2 Å². The molecular formula is C35H38N4O9. The summed E-state index contributed by atoms with van der Waals surface area (Å²) in [5, 5.41) is 5.00. The van der Waals surface area contributed by atoms with Crippen LogP contribution in [-0.2, 0) is 17.6 Å². The molecule has 0 saturated heterocycles. The van der Waals surface area contributed by atoms with Crippen molar-refractivity contribution in [2.24, 2.45) is 5.73 Å². The minimum absolute atomic E-state index is 0. The third kappa shape index (κ3) is 9.96. The van der Waals surface area contributed by atoms with Crippen molar-refractivity contribution in [2.75, 3.05) is 27.3 Å². The number of carbonyl (C=O) groups is 2. The molecule has 0 fully saturated rings. The number of nitrogens with one attached hydrogen (secondary N) is 3. The molecule has 0 spiro atoms. The topological polar surface area (TPSA) is 192 Å². The Morgan fingerprint density at radius 2 is 1.38 bits per heavy atom. The van der Waals surface area contributed by atoms with Crippen molar-refractivity contribution in [2.45, 2.75) is 20.3 Å². The van der Waals surface area contributed by atoms with Crippen LogP contribution < -0.4 is 36.1 Å². The minimum atomic E-state index is -0.403. The molecule has 4 heterocycles. The molecule has 2 aromatic carbocycles. The van der Waals surface area contributed by atoms with E-state index in [1.165, 1.54) is 35.4 Å². The summed E-state index contributed by atoms with van der Waals surface area (Å²) >= 11 is 0. The number of amides is 1. The quantitative estimate of drug-likeness (QED) is 0.151. The Labute approximate surface area is 275 Å². The zero-order valence-corrected chi connectivity index (χ0v) is 25.7. The smallest absolute Gasteiger partial charge is 0.300 e. The van der Waals surface area contributed by atoms with Gasteiger partial charge in [0.15, 0.2) is 16.6 Å². The van der Waals surface area contributed by atoms with E-state index < -0.39 is 5.91 Å². The first-order chi connectivity index (χ1) is 22.8. The zero-order valence-electron chi connectivity index (χ0n) is 25.7. The fraction of sp³-hybridized carbons (Fsp3) is 0.200. The normalized spacial score (nSPS) is 10.1. The van der Waals surface area contributed by atoms with Gasteiger partial charge in [0.25, 0.3) is 11.9 Å². The number of carbonyl (C=O) groups excluding carboxylic acids is 2. The molecule has 0 aliphatic heterocycles. The van der Waals surface area contributed by atoms with Gasteiger partial charge in [-0.3, -0.25) is 19.2 Å². The minimum Gasteiger partial charge on any atom is -0.497 e. The number of hydrogen-bond acceptors (Lipinski definition) is 10. The summed E-state index contributed by atoms with van der Waals surface area (Å²) in [5.41, 5.74) is 9.49. The molecular weight excluding hydrogens is 620 g/mol. The van der Waals surface area contributed by atoms with Crippen molar-refractivity contribution in [1.82, 2.24) is 15.3 Å². The van der Waals surface area contributed by atoms with Gasteiger partial charge in [-0.2, -0.15) is 0 Å². The van der Waals surface area contributed by atoms with Crippen molar-refractivity contribution in [3.05, 3.63) is 123 Å². The standard InChI is InChI=1S/C17H16N2O4.C11H14N2O.C6H4O4.CH4/c1-22-13-2-3-15-14(9-13)11(10-19-15)4-6-18-17(21)16-8-12(20)5-7-23-16;1-14-9-2-3-11-10(6-9)8(4-5-12)7-13-11;7-4-10-6-3-5(8)1-2-9-6;/h2-3,5,7-10,19H,4,6H2,1H3,(H,18,21);2-3,6-7,13H,4-5,12H2,1H3;1-4H;1H4. The average Bonchev–Trinajstić information content (AvgIpc) is 3.68. The van der Waals surface area contributed by atoms with Crippen LogP contribution in [0, 0.1) is 0 Å². The molecule has 0 atom stereocenters. The van der Waals surface area contributed by atoms with Gasteiger partial charge in [0.2, 0.25) is 0 Å². The lowest BCUT2D eigenvalue weighted by molar-refractivity contribution is -0.121. The van der Waals surface area contributed by atoms with Crippen LogP contribution in [0.25, 0.3) is 21.8 Å². The second-order valence-corrected chi connectivity index (χ2v) is 9.83. The number of fused-ring (bicyclic) bond motifs is 2. The highest BCUT2D eigenvalue weighted by atomic mass is 16.6. The number of rotatable bonds is 10. The maximum atomic E-state index is 11.9. The summed E-state index contributed by atoms with van der Waals surface area (Å²) in [5.74, 6) is 1.18. The summed E-state index contributed by atoms with van der Waals surface area (Å²) in [6.07, 6.45) is 7.84. The molecule has 0 bridgehead atoms. The van der Waals surface area contributed by atoms with Gasteiger partial charge in [-0.05, 0) is 66.9 Å². The molecule has 0 saturated carbocycles. The Kier molecular flexibility index (Phi) is 13.8. The van der Waals surface area contributed by atoms with Gasteiger partial charge in [0, 0.05) is 58.9 Å².